The Hall–Kier alpha value is -3.94. The first-order valence-electron chi connectivity index (χ1n) is 9.63. The summed E-state index contributed by atoms with van der Waals surface area (Å²) in [5, 5.41) is 7.16. The summed E-state index contributed by atoms with van der Waals surface area (Å²) in [6.45, 7) is 1.95. The molecular formula is C24H17F4N3O. The first-order chi connectivity index (χ1) is 15.2. The van der Waals surface area contributed by atoms with Crippen molar-refractivity contribution in [1.29, 1.82) is 0 Å². The highest BCUT2D eigenvalue weighted by molar-refractivity contribution is 6.04. The van der Waals surface area contributed by atoms with Gasteiger partial charge >= 0.3 is 6.18 Å². The predicted molar refractivity (Wildman–Crippen MR) is 113 cm³/mol. The molecule has 3 aromatic carbocycles. The summed E-state index contributed by atoms with van der Waals surface area (Å²) in [4.78, 5) is 12.7. The molecule has 0 bridgehead atoms. The molecule has 0 radical (unpaired) electrons. The van der Waals surface area contributed by atoms with Gasteiger partial charge in [-0.25, -0.2) is 9.07 Å². The van der Waals surface area contributed by atoms with Crippen molar-refractivity contribution in [3.8, 4) is 16.9 Å². The topological polar surface area (TPSA) is 46.9 Å². The number of carbonyl (C=O) groups excluding carboxylic acids is 1. The summed E-state index contributed by atoms with van der Waals surface area (Å²) in [5.41, 5.74) is 1.28. The number of amides is 1. The number of aryl methyl sites for hydroxylation is 1. The molecule has 0 unspecified atom stereocenters. The third kappa shape index (κ3) is 4.39. The van der Waals surface area contributed by atoms with Crippen LogP contribution in [-0.4, -0.2) is 15.7 Å². The lowest BCUT2D eigenvalue weighted by molar-refractivity contribution is -0.140. The molecule has 1 heterocycles. The average molecular weight is 439 g/mol. The lowest BCUT2D eigenvalue weighted by Gasteiger charge is -2.11. The van der Waals surface area contributed by atoms with Gasteiger partial charge in [0.25, 0.3) is 5.91 Å². The second-order valence-corrected chi connectivity index (χ2v) is 7.17. The van der Waals surface area contributed by atoms with Gasteiger partial charge in [0.15, 0.2) is 0 Å². The van der Waals surface area contributed by atoms with Gasteiger partial charge in [-0.15, -0.1) is 0 Å². The largest absolute Gasteiger partial charge is 0.419 e. The first-order valence-corrected chi connectivity index (χ1v) is 9.63. The van der Waals surface area contributed by atoms with Gasteiger partial charge in [-0.3, -0.25) is 4.79 Å². The zero-order valence-corrected chi connectivity index (χ0v) is 16.8. The minimum atomic E-state index is -4.91. The normalized spacial score (nSPS) is 11.4. The van der Waals surface area contributed by atoms with Gasteiger partial charge in [-0.2, -0.15) is 18.3 Å². The number of alkyl halides is 3. The molecule has 4 aromatic rings. The van der Waals surface area contributed by atoms with E-state index in [1.807, 2.05) is 37.3 Å². The van der Waals surface area contributed by atoms with Gasteiger partial charge in [0.2, 0.25) is 0 Å². The van der Waals surface area contributed by atoms with Gasteiger partial charge in [0.1, 0.15) is 11.6 Å². The van der Waals surface area contributed by atoms with E-state index in [-0.39, 0.29) is 11.4 Å². The van der Waals surface area contributed by atoms with Crippen molar-refractivity contribution in [2.24, 2.45) is 0 Å². The van der Waals surface area contributed by atoms with E-state index in [1.54, 1.807) is 30.3 Å². The van der Waals surface area contributed by atoms with Crippen LogP contribution in [0.15, 0.2) is 78.9 Å². The van der Waals surface area contributed by atoms with E-state index in [2.05, 4.69) is 10.4 Å². The molecule has 8 heteroatoms. The summed E-state index contributed by atoms with van der Waals surface area (Å²) in [7, 11) is 0. The minimum absolute atomic E-state index is 0.259. The number of nitrogens with one attached hydrogen (secondary N) is 1. The third-order valence-electron chi connectivity index (χ3n) is 4.83. The molecule has 4 nitrogen and oxygen atoms in total. The molecule has 0 spiro atoms. The lowest BCUT2D eigenvalue weighted by Crippen LogP contribution is -2.17. The maximum Gasteiger partial charge on any atom is 0.419 e. The fourth-order valence-corrected chi connectivity index (χ4v) is 3.17. The van der Waals surface area contributed by atoms with Crippen molar-refractivity contribution in [3.63, 3.8) is 0 Å². The molecule has 0 aliphatic rings. The van der Waals surface area contributed by atoms with Crippen LogP contribution in [0.2, 0.25) is 0 Å². The Morgan fingerprint density at radius 1 is 0.938 bits per heavy atom. The maximum absolute atomic E-state index is 13.6. The van der Waals surface area contributed by atoms with Gasteiger partial charge in [-0.05, 0) is 37.3 Å². The second kappa shape index (κ2) is 8.30. The van der Waals surface area contributed by atoms with E-state index in [9.17, 15) is 22.4 Å². The highest BCUT2D eigenvalue weighted by atomic mass is 19.4. The SMILES string of the molecule is Cc1ccc(-c2cc(NC(=O)c3ccc(F)c(C(F)(F)F)c3)n(-c3ccccc3)n2)cc1. The maximum atomic E-state index is 13.6. The monoisotopic (exact) mass is 439 g/mol. The second-order valence-electron chi connectivity index (χ2n) is 7.17. The fourth-order valence-electron chi connectivity index (χ4n) is 3.17. The van der Waals surface area contributed by atoms with Crippen molar-refractivity contribution in [1.82, 2.24) is 9.78 Å². The molecule has 4 rings (SSSR count). The quantitative estimate of drug-likeness (QED) is 0.382. The van der Waals surface area contributed by atoms with Gasteiger partial charge in [-0.1, -0.05) is 48.0 Å². The number of nitrogens with zero attached hydrogens (tertiary/aromatic N) is 2. The Kier molecular flexibility index (Phi) is 5.52. The summed E-state index contributed by atoms with van der Waals surface area (Å²) >= 11 is 0. The van der Waals surface area contributed by atoms with Crippen LogP contribution in [-0.2, 0) is 6.18 Å². The van der Waals surface area contributed by atoms with Crippen LogP contribution in [0, 0.1) is 12.7 Å². The minimum Gasteiger partial charge on any atom is -0.306 e. The van der Waals surface area contributed by atoms with Gasteiger partial charge < -0.3 is 5.32 Å². The molecule has 0 saturated heterocycles. The number of hydrogen-bond acceptors (Lipinski definition) is 2. The standard InChI is InChI=1S/C24H17F4N3O/c1-15-7-9-16(10-8-15)21-14-22(31(30-21)18-5-3-2-4-6-18)29-23(32)17-11-12-20(25)19(13-17)24(26,27)28/h2-14H,1H3,(H,29,32). The average Bonchev–Trinajstić information content (AvgIpc) is 3.18. The number of para-hydroxylation sites is 1. The Labute approximate surface area is 181 Å². The highest BCUT2D eigenvalue weighted by Gasteiger charge is 2.34. The van der Waals surface area contributed by atoms with E-state index >= 15 is 0 Å². The van der Waals surface area contributed by atoms with E-state index in [4.69, 9.17) is 0 Å². The molecular weight excluding hydrogens is 422 g/mol. The van der Waals surface area contributed by atoms with Crippen LogP contribution >= 0.6 is 0 Å². The first kappa shape index (κ1) is 21.3. The predicted octanol–water partition coefficient (Wildman–Crippen LogP) is 6.26. The Morgan fingerprint density at radius 2 is 1.62 bits per heavy atom. The van der Waals surface area contributed by atoms with Crippen LogP contribution in [0.3, 0.4) is 0 Å². The Balaban J connectivity index is 1.73. The molecule has 162 valence electrons. The number of benzene rings is 3. The zero-order chi connectivity index (χ0) is 22.9. The van der Waals surface area contributed by atoms with Crippen LogP contribution in [0.5, 0.6) is 0 Å². The number of carbonyl (C=O) groups is 1. The molecule has 0 aliphatic carbocycles. The molecule has 0 fully saturated rings. The van der Waals surface area contributed by atoms with Crippen molar-refractivity contribution in [3.05, 3.63) is 101 Å². The van der Waals surface area contributed by atoms with Crippen LogP contribution in [0.1, 0.15) is 21.5 Å². The molecule has 0 aliphatic heterocycles. The number of rotatable bonds is 4. The molecule has 1 N–H and O–H groups in total. The van der Waals surface area contributed by atoms with E-state index < -0.39 is 23.5 Å². The molecule has 0 saturated carbocycles. The molecule has 0 atom stereocenters. The van der Waals surface area contributed by atoms with Crippen molar-refractivity contribution in [2.45, 2.75) is 13.1 Å². The molecule has 1 amide bonds. The van der Waals surface area contributed by atoms with Crippen molar-refractivity contribution >= 4 is 11.7 Å². The van der Waals surface area contributed by atoms with E-state index in [0.717, 1.165) is 17.2 Å². The zero-order valence-electron chi connectivity index (χ0n) is 16.8. The number of anilines is 1. The number of hydrogen-bond donors (Lipinski definition) is 1. The fraction of sp³-hybridized carbons (Fsp3) is 0.0833. The number of halogens is 4. The Morgan fingerprint density at radius 3 is 2.28 bits per heavy atom. The molecule has 32 heavy (non-hydrogen) atoms. The summed E-state index contributed by atoms with van der Waals surface area (Å²) in [5.74, 6) is -2.00. The number of aromatic nitrogens is 2. The Bertz CT molecular complexity index is 1260. The van der Waals surface area contributed by atoms with Gasteiger partial charge in [0, 0.05) is 17.2 Å². The summed E-state index contributed by atoms with van der Waals surface area (Å²) in [6.07, 6.45) is -4.91. The van der Waals surface area contributed by atoms with Crippen LogP contribution in [0.25, 0.3) is 16.9 Å². The summed E-state index contributed by atoms with van der Waals surface area (Å²) < 4.78 is 54.2. The van der Waals surface area contributed by atoms with Gasteiger partial charge in [0.05, 0.1) is 16.9 Å². The third-order valence-corrected chi connectivity index (χ3v) is 4.83. The lowest BCUT2D eigenvalue weighted by atomic mass is 10.1. The van der Waals surface area contributed by atoms with E-state index in [1.165, 1.54) is 4.68 Å². The molecule has 1 aromatic heterocycles. The van der Waals surface area contributed by atoms with Crippen LogP contribution in [0.4, 0.5) is 23.4 Å². The van der Waals surface area contributed by atoms with Crippen LogP contribution < -0.4 is 5.32 Å². The smallest absolute Gasteiger partial charge is 0.306 e. The van der Waals surface area contributed by atoms with E-state index in [0.29, 0.717) is 23.5 Å². The van der Waals surface area contributed by atoms with Crippen molar-refractivity contribution in [2.75, 3.05) is 5.32 Å². The van der Waals surface area contributed by atoms with Crippen molar-refractivity contribution < 1.29 is 22.4 Å². The highest BCUT2D eigenvalue weighted by Crippen LogP contribution is 2.32. The summed E-state index contributed by atoms with van der Waals surface area (Å²) in [6, 6.07) is 20.3.